The molecule has 0 radical (unpaired) electrons. The van der Waals surface area contributed by atoms with Crippen molar-refractivity contribution in [2.75, 3.05) is 30.7 Å². The van der Waals surface area contributed by atoms with Crippen molar-refractivity contribution in [1.82, 2.24) is 9.88 Å². The number of aromatic nitrogens is 1. The van der Waals surface area contributed by atoms with Crippen LogP contribution in [0.25, 0.3) is 10.9 Å². The van der Waals surface area contributed by atoms with E-state index in [0.717, 1.165) is 50.0 Å². The number of amides is 1. The molecule has 2 heterocycles. The highest BCUT2D eigenvalue weighted by molar-refractivity contribution is 6.34. The first-order valence-electron chi connectivity index (χ1n) is 9.90. The lowest BCUT2D eigenvalue weighted by Crippen LogP contribution is -2.41. The Morgan fingerprint density at radius 3 is 2.66 bits per heavy atom. The summed E-state index contributed by atoms with van der Waals surface area (Å²) >= 11 is 12.3. The van der Waals surface area contributed by atoms with E-state index in [1.54, 1.807) is 11.0 Å². The van der Waals surface area contributed by atoms with Crippen molar-refractivity contribution >= 4 is 51.6 Å². The molecular weight excluding hydrogens is 411 g/mol. The Labute approximate surface area is 181 Å². The van der Waals surface area contributed by atoms with Crippen molar-refractivity contribution in [3.8, 4) is 0 Å². The molecule has 1 aromatic heterocycles. The minimum Gasteiger partial charge on any atom is -0.444 e. The highest BCUT2D eigenvalue weighted by Gasteiger charge is 2.26. The average molecular weight is 439 g/mol. The van der Waals surface area contributed by atoms with Gasteiger partial charge in [0, 0.05) is 30.0 Å². The zero-order chi connectivity index (χ0) is 21.2. The highest BCUT2D eigenvalue weighted by Crippen LogP contribution is 2.34. The van der Waals surface area contributed by atoms with Crippen molar-refractivity contribution in [2.45, 2.75) is 45.6 Å². The summed E-state index contributed by atoms with van der Waals surface area (Å²) in [7, 11) is 0. The number of fused-ring (bicyclic) bond motifs is 1. The van der Waals surface area contributed by atoms with Gasteiger partial charge in [0.05, 0.1) is 16.9 Å². The number of nitrogens with zero attached hydrogens (tertiary/aromatic N) is 2. The Hall–Kier alpha value is -1.92. The van der Waals surface area contributed by atoms with E-state index < -0.39 is 5.60 Å². The van der Waals surface area contributed by atoms with Crippen LogP contribution in [0.3, 0.4) is 0 Å². The monoisotopic (exact) mass is 438 g/mol. The average Bonchev–Trinajstić information content (AvgIpc) is 2.64. The Bertz CT molecular complexity index is 890. The van der Waals surface area contributed by atoms with Crippen LogP contribution < -0.4 is 11.1 Å². The molecule has 0 atom stereocenters. The number of anilines is 2. The van der Waals surface area contributed by atoms with Crippen LogP contribution in [0.5, 0.6) is 0 Å². The Kier molecular flexibility index (Phi) is 6.64. The molecule has 2 aromatic rings. The van der Waals surface area contributed by atoms with Crippen LogP contribution in [0.2, 0.25) is 10.2 Å². The molecule has 0 bridgehead atoms. The smallest absolute Gasteiger partial charge is 0.410 e. The van der Waals surface area contributed by atoms with Gasteiger partial charge in [-0.25, -0.2) is 9.78 Å². The van der Waals surface area contributed by atoms with Crippen LogP contribution >= 0.6 is 23.2 Å². The molecule has 0 spiro atoms. The van der Waals surface area contributed by atoms with Gasteiger partial charge in [-0.2, -0.15) is 0 Å². The first-order valence-corrected chi connectivity index (χ1v) is 10.7. The van der Waals surface area contributed by atoms with Crippen molar-refractivity contribution in [3.05, 3.63) is 28.4 Å². The van der Waals surface area contributed by atoms with Crippen LogP contribution in [0.4, 0.5) is 16.2 Å². The van der Waals surface area contributed by atoms with Crippen LogP contribution in [0.1, 0.15) is 40.0 Å². The van der Waals surface area contributed by atoms with E-state index in [1.165, 1.54) is 0 Å². The molecule has 0 saturated carbocycles. The van der Waals surface area contributed by atoms with Gasteiger partial charge in [0.15, 0.2) is 5.15 Å². The van der Waals surface area contributed by atoms with Crippen molar-refractivity contribution in [3.63, 3.8) is 0 Å². The van der Waals surface area contributed by atoms with Gasteiger partial charge >= 0.3 is 6.09 Å². The van der Waals surface area contributed by atoms with Gasteiger partial charge < -0.3 is 20.7 Å². The zero-order valence-corrected chi connectivity index (χ0v) is 18.6. The predicted molar refractivity (Wildman–Crippen MR) is 120 cm³/mol. The van der Waals surface area contributed by atoms with E-state index in [2.05, 4.69) is 10.3 Å². The van der Waals surface area contributed by atoms with Gasteiger partial charge in [0.2, 0.25) is 0 Å². The molecule has 1 fully saturated rings. The summed E-state index contributed by atoms with van der Waals surface area (Å²) in [6, 6.07) is 5.50. The van der Waals surface area contributed by atoms with E-state index in [0.29, 0.717) is 22.1 Å². The Morgan fingerprint density at radius 2 is 2.00 bits per heavy atom. The zero-order valence-electron chi connectivity index (χ0n) is 17.1. The molecule has 3 N–H and O–H groups in total. The summed E-state index contributed by atoms with van der Waals surface area (Å²) < 4.78 is 5.46. The van der Waals surface area contributed by atoms with Crippen LogP contribution in [-0.4, -0.2) is 41.2 Å². The number of carbonyl (C=O) groups is 1. The van der Waals surface area contributed by atoms with Gasteiger partial charge in [-0.05, 0) is 64.2 Å². The highest BCUT2D eigenvalue weighted by atomic mass is 35.5. The van der Waals surface area contributed by atoms with Gasteiger partial charge in [-0.1, -0.05) is 23.2 Å². The van der Waals surface area contributed by atoms with Gasteiger partial charge in [0.1, 0.15) is 5.60 Å². The SMILES string of the molecule is CC(C)(C)OC(=O)N1CCC(CCNc2c(N)c(Cl)nc3cc(Cl)ccc23)CC1. The van der Waals surface area contributed by atoms with Gasteiger partial charge in [0.25, 0.3) is 0 Å². The van der Waals surface area contributed by atoms with E-state index >= 15 is 0 Å². The van der Waals surface area contributed by atoms with Crippen molar-refractivity contribution < 1.29 is 9.53 Å². The number of benzene rings is 1. The summed E-state index contributed by atoms with van der Waals surface area (Å²) in [5.41, 5.74) is 7.65. The van der Waals surface area contributed by atoms with E-state index in [-0.39, 0.29) is 11.2 Å². The lowest BCUT2D eigenvalue weighted by molar-refractivity contribution is 0.0182. The number of likely N-dealkylation sites (tertiary alicyclic amines) is 1. The number of nitrogens with two attached hydrogens (primary N) is 1. The van der Waals surface area contributed by atoms with Crippen LogP contribution in [0, 0.1) is 5.92 Å². The topological polar surface area (TPSA) is 80.5 Å². The van der Waals surface area contributed by atoms with Crippen LogP contribution in [0.15, 0.2) is 18.2 Å². The van der Waals surface area contributed by atoms with Crippen molar-refractivity contribution in [2.24, 2.45) is 5.92 Å². The second-order valence-corrected chi connectivity index (χ2v) is 9.27. The molecule has 0 aliphatic carbocycles. The number of hydrogen-bond donors (Lipinski definition) is 2. The number of piperidine rings is 1. The summed E-state index contributed by atoms with van der Waals surface area (Å²) in [5, 5.41) is 5.21. The molecule has 3 rings (SSSR count). The first kappa shape index (κ1) is 21.8. The van der Waals surface area contributed by atoms with E-state index in [1.807, 2.05) is 32.9 Å². The second kappa shape index (κ2) is 8.84. The minimum absolute atomic E-state index is 0.224. The molecular formula is C21H28Cl2N4O2. The molecule has 29 heavy (non-hydrogen) atoms. The molecule has 158 valence electrons. The molecule has 1 amide bonds. The van der Waals surface area contributed by atoms with E-state index in [4.69, 9.17) is 33.7 Å². The lowest BCUT2D eigenvalue weighted by Gasteiger charge is -2.33. The molecule has 1 aliphatic heterocycles. The number of ether oxygens (including phenoxy) is 1. The maximum absolute atomic E-state index is 12.2. The summed E-state index contributed by atoms with van der Waals surface area (Å²) in [6.45, 7) is 7.88. The quantitative estimate of drug-likeness (QED) is 0.609. The minimum atomic E-state index is -0.462. The number of nitrogens with one attached hydrogen (secondary N) is 1. The number of rotatable bonds is 4. The summed E-state index contributed by atoms with van der Waals surface area (Å²) in [6.07, 6.45) is 2.68. The maximum atomic E-state index is 12.2. The van der Waals surface area contributed by atoms with Gasteiger partial charge in [-0.3, -0.25) is 0 Å². The van der Waals surface area contributed by atoms with E-state index in [9.17, 15) is 4.79 Å². The predicted octanol–water partition coefficient (Wildman–Crippen LogP) is 5.57. The fraction of sp³-hybridized carbons (Fsp3) is 0.524. The molecule has 8 heteroatoms. The number of pyridine rings is 1. The fourth-order valence-electron chi connectivity index (χ4n) is 3.55. The largest absolute Gasteiger partial charge is 0.444 e. The molecule has 6 nitrogen and oxygen atoms in total. The van der Waals surface area contributed by atoms with Gasteiger partial charge in [-0.15, -0.1) is 0 Å². The Balaban J connectivity index is 1.55. The number of nitrogen functional groups attached to an aromatic ring is 1. The fourth-order valence-corrected chi connectivity index (χ4v) is 3.90. The molecule has 1 aliphatic rings. The summed E-state index contributed by atoms with van der Waals surface area (Å²) in [4.78, 5) is 18.3. The molecule has 1 saturated heterocycles. The third-order valence-electron chi connectivity index (χ3n) is 5.06. The second-order valence-electron chi connectivity index (χ2n) is 8.48. The lowest BCUT2D eigenvalue weighted by atomic mass is 9.93. The van der Waals surface area contributed by atoms with Crippen LogP contribution in [-0.2, 0) is 4.74 Å². The van der Waals surface area contributed by atoms with Crippen molar-refractivity contribution in [1.29, 1.82) is 0 Å². The Morgan fingerprint density at radius 1 is 1.31 bits per heavy atom. The standard InChI is InChI=1S/C21H28Cl2N4O2/c1-21(2,3)29-20(28)27-10-7-13(8-11-27)6-9-25-18-15-5-4-14(22)12-16(15)26-19(23)17(18)24/h4-5,12-13H,6-11,24H2,1-3H3,(H,25,26). The molecule has 0 unspecified atom stereocenters. The number of carbonyl (C=O) groups excluding carboxylic acids is 1. The third kappa shape index (κ3) is 5.58. The first-order chi connectivity index (χ1) is 13.6. The number of hydrogen-bond acceptors (Lipinski definition) is 5. The third-order valence-corrected chi connectivity index (χ3v) is 5.58. The molecule has 1 aromatic carbocycles. The number of halogens is 2. The maximum Gasteiger partial charge on any atom is 0.410 e. The normalized spacial score (nSPS) is 15.6. The summed E-state index contributed by atoms with van der Waals surface area (Å²) in [5.74, 6) is 0.542.